The number of para-hydroxylation sites is 1. The minimum absolute atomic E-state index is 0.0281. The highest BCUT2D eigenvalue weighted by atomic mass is 35.5. The van der Waals surface area contributed by atoms with Gasteiger partial charge in [0.1, 0.15) is 17.0 Å². The number of aromatic nitrogens is 3. The van der Waals surface area contributed by atoms with Crippen LogP contribution in [-0.2, 0) is 27.1 Å². The molecule has 1 aliphatic heterocycles. The normalized spacial score (nSPS) is 19.8. The molecule has 3 atom stereocenters. The van der Waals surface area contributed by atoms with E-state index < -0.39 is 21.5 Å². The molecule has 1 fully saturated rings. The second-order valence-electron chi connectivity index (χ2n) is 15.2. The minimum Gasteiger partial charge on any atom is -0.411 e. The molecular weight excluding hydrogens is 626 g/mol. The molecule has 3 heterocycles. The summed E-state index contributed by atoms with van der Waals surface area (Å²) in [6.07, 6.45) is 3.07. The number of fused-ring (bicyclic) bond motifs is 1. The Labute approximate surface area is 274 Å². The molecule has 248 valence electrons. The summed E-state index contributed by atoms with van der Waals surface area (Å²) in [5.74, 6) is 0.491. The zero-order chi connectivity index (χ0) is 33.5. The fraction of sp³-hybridized carbons (Fsp3) is 0.625. The highest BCUT2D eigenvalue weighted by Crippen LogP contribution is 2.43. The van der Waals surface area contributed by atoms with Gasteiger partial charge in [-0.15, -0.1) is 0 Å². The van der Waals surface area contributed by atoms with Gasteiger partial charge in [-0.1, -0.05) is 85.3 Å². The molecule has 0 unspecified atom stereocenters. The third-order valence-corrected chi connectivity index (χ3v) is 19.2. The topological polar surface area (TPSA) is 114 Å². The SMILES string of the molecule is CC[C@H]1O[C@@H](n2cc(COCc3ccccc3[N+](=O)[O-])c3c(Cl)nc(N[Si](C)(C)C(C)(C)C)nc32)C[C@H]1O[Si](C)(C)C(C)(C)C. The molecule has 1 aliphatic rings. The molecule has 0 aliphatic carbocycles. The van der Waals surface area contributed by atoms with Crippen molar-refractivity contribution in [2.45, 2.75) is 129 Å². The van der Waals surface area contributed by atoms with Gasteiger partial charge in [0.05, 0.1) is 41.3 Å². The van der Waals surface area contributed by atoms with Crippen LogP contribution in [0.4, 0.5) is 11.6 Å². The zero-order valence-corrected chi connectivity index (χ0v) is 31.4. The number of anilines is 1. The first-order chi connectivity index (χ1) is 20.8. The number of rotatable bonds is 11. The number of nitrogens with one attached hydrogen (secondary N) is 1. The second-order valence-corrected chi connectivity index (χ2v) is 25.3. The standard InChI is InChI=1S/C32H50ClN5O5Si2/c1-12-24-25(43-45(10,11)32(5,6)7)17-26(42-24)37-18-22(20-41-19-21-15-13-14-16-23(21)38(39)40)27-28(33)34-30(35-29(27)37)36-44(8,9)31(2,3)4/h13-16,18,24-26H,12,17,19-20H2,1-11H3,(H,34,35,36)/t24-,25-,26-/m1/s1. The van der Waals surface area contributed by atoms with Crippen LogP contribution >= 0.6 is 11.6 Å². The minimum atomic E-state index is -2.04. The summed E-state index contributed by atoms with van der Waals surface area (Å²) >= 11 is 6.92. The van der Waals surface area contributed by atoms with Crippen molar-refractivity contribution < 1.29 is 18.8 Å². The lowest BCUT2D eigenvalue weighted by atomic mass is 10.1. The summed E-state index contributed by atoms with van der Waals surface area (Å²) in [5, 5.41) is 12.7. The van der Waals surface area contributed by atoms with Crippen molar-refractivity contribution in [3.05, 3.63) is 56.9 Å². The van der Waals surface area contributed by atoms with E-state index >= 15 is 0 Å². The van der Waals surface area contributed by atoms with E-state index in [4.69, 9.17) is 30.5 Å². The molecule has 1 aromatic carbocycles. The summed E-state index contributed by atoms with van der Waals surface area (Å²) in [6.45, 7) is 24.9. The Balaban J connectivity index is 1.72. The molecule has 4 rings (SSSR count). The molecule has 10 nitrogen and oxygen atoms in total. The van der Waals surface area contributed by atoms with E-state index in [1.165, 1.54) is 6.07 Å². The van der Waals surface area contributed by atoms with E-state index in [2.05, 4.69) is 84.6 Å². The third kappa shape index (κ3) is 7.63. The van der Waals surface area contributed by atoms with Crippen molar-refractivity contribution in [3.63, 3.8) is 0 Å². The molecule has 0 saturated carbocycles. The summed E-state index contributed by atoms with van der Waals surface area (Å²) in [6, 6.07) is 6.60. The van der Waals surface area contributed by atoms with Gasteiger partial charge in [-0.2, -0.15) is 4.98 Å². The maximum Gasteiger partial charge on any atom is 0.274 e. The van der Waals surface area contributed by atoms with E-state index in [1.807, 2.05) is 10.8 Å². The molecule has 0 spiro atoms. The molecule has 3 aromatic rings. The predicted molar refractivity (Wildman–Crippen MR) is 186 cm³/mol. The number of nitro benzene ring substituents is 1. The van der Waals surface area contributed by atoms with Crippen molar-refractivity contribution in [2.24, 2.45) is 0 Å². The highest BCUT2D eigenvalue weighted by molar-refractivity contribution is 6.82. The van der Waals surface area contributed by atoms with E-state index in [0.29, 0.717) is 34.1 Å². The second kappa shape index (κ2) is 13.0. The molecular formula is C32H50ClN5O5Si2. The van der Waals surface area contributed by atoms with Crippen LogP contribution in [0.15, 0.2) is 30.5 Å². The maximum absolute atomic E-state index is 11.5. The van der Waals surface area contributed by atoms with Crippen molar-refractivity contribution in [3.8, 4) is 0 Å². The zero-order valence-electron chi connectivity index (χ0n) is 28.7. The summed E-state index contributed by atoms with van der Waals surface area (Å²) in [7, 11) is -4.05. The molecule has 13 heteroatoms. The van der Waals surface area contributed by atoms with Crippen molar-refractivity contribution in [2.75, 3.05) is 4.98 Å². The van der Waals surface area contributed by atoms with Crippen LogP contribution in [0.25, 0.3) is 11.0 Å². The van der Waals surface area contributed by atoms with Gasteiger partial charge in [0.2, 0.25) is 5.95 Å². The van der Waals surface area contributed by atoms with Gasteiger partial charge in [-0.05, 0) is 35.7 Å². The molecule has 1 N–H and O–H groups in total. The number of benzene rings is 1. The third-order valence-electron chi connectivity index (χ3n) is 9.85. The summed E-state index contributed by atoms with van der Waals surface area (Å²) < 4.78 is 21.7. The Kier molecular flexibility index (Phi) is 10.3. The average molecular weight is 676 g/mol. The van der Waals surface area contributed by atoms with Crippen molar-refractivity contribution >= 4 is 50.8 Å². The number of nitro groups is 1. The predicted octanol–water partition coefficient (Wildman–Crippen LogP) is 9.21. The van der Waals surface area contributed by atoms with E-state index in [1.54, 1.807) is 18.2 Å². The first-order valence-corrected chi connectivity index (χ1v) is 22.0. The van der Waals surface area contributed by atoms with Gasteiger partial charge in [0.25, 0.3) is 5.69 Å². The highest BCUT2D eigenvalue weighted by Gasteiger charge is 2.45. The first kappa shape index (κ1) is 35.5. The monoisotopic (exact) mass is 675 g/mol. The van der Waals surface area contributed by atoms with Gasteiger partial charge < -0.3 is 23.4 Å². The largest absolute Gasteiger partial charge is 0.411 e. The maximum atomic E-state index is 11.5. The van der Waals surface area contributed by atoms with Crippen molar-refractivity contribution in [1.82, 2.24) is 14.5 Å². The number of hydrogen-bond donors (Lipinski definition) is 1. The van der Waals surface area contributed by atoms with Gasteiger partial charge in [0.15, 0.2) is 16.6 Å². The molecule has 2 aromatic heterocycles. The van der Waals surface area contributed by atoms with Crippen LogP contribution in [0.2, 0.25) is 41.4 Å². The van der Waals surface area contributed by atoms with Gasteiger partial charge >= 0.3 is 0 Å². The Morgan fingerprint density at radius 1 is 1.07 bits per heavy atom. The molecule has 0 bridgehead atoms. The van der Waals surface area contributed by atoms with Crippen LogP contribution in [0.1, 0.15) is 78.7 Å². The van der Waals surface area contributed by atoms with Gasteiger partial charge in [-0.3, -0.25) is 10.1 Å². The molecule has 0 amide bonds. The van der Waals surface area contributed by atoms with E-state index in [0.717, 1.165) is 12.0 Å². The number of hydrogen-bond acceptors (Lipinski definition) is 8. The van der Waals surface area contributed by atoms with Crippen LogP contribution in [-0.4, -0.2) is 48.2 Å². The van der Waals surface area contributed by atoms with E-state index in [-0.39, 0.29) is 47.4 Å². The van der Waals surface area contributed by atoms with Gasteiger partial charge in [-0.25, -0.2) is 4.98 Å². The fourth-order valence-corrected chi connectivity index (χ4v) is 7.72. The summed E-state index contributed by atoms with van der Waals surface area (Å²) in [5.41, 5.74) is 1.98. The lowest BCUT2D eigenvalue weighted by Crippen LogP contribution is -2.46. The Morgan fingerprint density at radius 2 is 1.71 bits per heavy atom. The quantitative estimate of drug-likeness (QED) is 0.0926. The van der Waals surface area contributed by atoms with Crippen molar-refractivity contribution in [1.29, 1.82) is 0 Å². The molecule has 0 radical (unpaired) electrons. The number of nitrogens with zero attached hydrogens (tertiary/aromatic N) is 4. The lowest BCUT2D eigenvalue weighted by molar-refractivity contribution is -0.386. The number of ether oxygens (including phenoxy) is 2. The average Bonchev–Trinajstić information content (AvgIpc) is 3.48. The van der Waals surface area contributed by atoms with Crippen LogP contribution < -0.4 is 4.98 Å². The fourth-order valence-electron chi connectivity index (χ4n) is 5.03. The Morgan fingerprint density at radius 3 is 2.31 bits per heavy atom. The lowest BCUT2D eigenvalue weighted by Gasteiger charge is -2.39. The van der Waals surface area contributed by atoms with Crippen LogP contribution in [0.3, 0.4) is 0 Å². The van der Waals surface area contributed by atoms with Crippen LogP contribution in [0.5, 0.6) is 0 Å². The Bertz CT molecular complexity index is 1530. The smallest absolute Gasteiger partial charge is 0.274 e. The number of halogens is 1. The van der Waals surface area contributed by atoms with Crippen LogP contribution in [0, 0.1) is 10.1 Å². The van der Waals surface area contributed by atoms with E-state index in [9.17, 15) is 10.1 Å². The first-order valence-electron chi connectivity index (χ1n) is 15.7. The molecule has 1 saturated heterocycles. The summed E-state index contributed by atoms with van der Waals surface area (Å²) in [4.78, 5) is 24.5. The Hall–Kier alpha value is -2.36. The van der Waals surface area contributed by atoms with Gasteiger partial charge in [0, 0.05) is 24.2 Å². The molecule has 45 heavy (non-hydrogen) atoms.